The molecule has 0 amide bonds. The highest BCUT2D eigenvalue weighted by Gasteiger charge is 2.18. The maximum Gasteiger partial charge on any atom is 0.166 e. The van der Waals surface area contributed by atoms with Crippen LogP contribution in [-0.2, 0) is 4.74 Å². The molecule has 1 heterocycles. The van der Waals surface area contributed by atoms with Gasteiger partial charge in [-0.3, -0.25) is 4.90 Å². The first-order chi connectivity index (χ1) is 6.76. The lowest BCUT2D eigenvalue weighted by molar-refractivity contribution is -0.0232. The largest absolute Gasteiger partial charge is 0.374 e. The van der Waals surface area contributed by atoms with Gasteiger partial charge in [0.2, 0.25) is 0 Å². The van der Waals surface area contributed by atoms with E-state index >= 15 is 0 Å². The maximum absolute atomic E-state index is 5.61. The summed E-state index contributed by atoms with van der Waals surface area (Å²) in [5, 5.41) is 6.68. The van der Waals surface area contributed by atoms with Crippen molar-refractivity contribution in [3.05, 3.63) is 0 Å². The van der Waals surface area contributed by atoms with E-state index in [1.807, 2.05) is 7.05 Å². The van der Waals surface area contributed by atoms with E-state index in [0.717, 1.165) is 32.8 Å². The molecule has 1 fully saturated rings. The minimum Gasteiger partial charge on any atom is -0.374 e. The zero-order valence-electron chi connectivity index (χ0n) is 8.88. The molecule has 0 radical (unpaired) electrons. The Bertz CT molecular complexity index is 189. The molecule has 0 bridgehead atoms. The second-order valence-corrected chi connectivity index (χ2v) is 3.75. The smallest absolute Gasteiger partial charge is 0.166 e. The summed E-state index contributed by atoms with van der Waals surface area (Å²) in [6, 6.07) is 0. The summed E-state index contributed by atoms with van der Waals surface area (Å²) in [4.78, 5) is 2.39. The normalized spacial score (nSPS) is 23.1. The molecule has 0 spiro atoms. The van der Waals surface area contributed by atoms with E-state index in [0.29, 0.717) is 5.11 Å². The lowest BCUT2D eigenvalue weighted by Crippen LogP contribution is -2.48. The van der Waals surface area contributed by atoms with Gasteiger partial charge in [0.05, 0.1) is 12.7 Å². The number of rotatable bonds is 3. The number of morpholine rings is 1. The summed E-state index contributed by atoms with van der Waals surface area (Å²) < 4.78 is 5.61. The van der Waals surface area contributed by atoms with E-state index in [4.69, 9.17) is 17.0 Å². The van der Waals surface area contributed by atoms with E-state index in [-0.39, 0.29) is 6.10 Å². The van der Waals surface area contributed by atoms with Crippen LogP contribution in [0.1, 0.15) is 6.92 Å². The summed E-state index contributed by atoms with van der Waals surface area (Å²) in [5.41, 5.74) is 0. The van der Waals surface area contributed by atoms with Crippen LogP contribution in [0.5, 0.6) is 0 Å². The zero-order chi connectivity index (χ0) is 10.4. The molecule has 1 aliphatic heterocycles. The minimum absolute atomic E-state index is 0.259. The molecule has 1 aliphatic rings. The number of hydrogen-bond donors (Lipinski definition) is 2. The summed E-state index contributed by atoms with van der Waals surface area (Å²) in [6.07, 6.45) is 0.259. The van der Waals surface area contributed by atoms with Gasteiger partial charge in [-0.2, -0.15) is 0 Å². The maximum atomic E-state index is 5.61. The molecule has 0 aromatic rings. The first-order valence-electron chi connectivity index (χ1n) is 5.05. The van der Waals surface area contributed by atoms with Crippen molar-refractivity contribution in [2.75, 3.05) is 39.8 Å². The lowest BCUT2D eigenvalue weighted by Gasteiger charge is -2.32. The second-order valence-electron chi connectivity index (χ2n) is 3.35. The van der Waals surface area contributed by atoms with Crippen molar-refractivity contribution < 1.29 is 4.74 Å². The van der Waals surface area contributed by atoms with Gasteiger partial charge in [-0.25, -0.2) is 0 Å². The lowest BCUT2D eigenvalue weighted by atomic mass is 10.2. The Kier molecular flexibility index (Phi) is 5.14. The van der Waals surface area contributed by atoms with Crippen molar-refractivity contribution in [1.29, 1.82) is 0 Å². The van der Waals surface area contributed by atoms with Crippen LogP contribution in [0.4, 0.5) is 0 Å². The molecule has 5 heteroatoms. The van der Waals surface area contributed by atoms with E-state index in [1.165, 1.54) is 0 Å². The quantitative estimate of drug-likeness (QED) is 0.640. The first kappa shape index (κ1) is 11.7. The van der Waals surface area contributed by atoms with Crippen molar-refractivity contribution in [3.8, 4) is 0 Å². The van der Waals surface area contributed by atoms with E-state index < -0.39 is 0 Å². The Morgan fingerprint density at radius 1 is 1.64 bits per heavy atom. The molecule has 0 aromatic carbocycles. The first-order valence-corrected chi connectivity index (χ1v) is 5.46. The second kappa shape index (κ2) is 6.16. The predicted molar refractivity (Wildman–Crippen MR) is 61.5 cm³/mol. The van der Waals surface area contributed by atoms with Gasteiger partial charge in [0.1, 0.15) is 0 Å². The van der Waals surface area contributed by atoms with Crippen LogP contribution in [0.2, 0.25) is 0 Å². The van der Waals surface area contributed by atoms with Gasteiger partial charge in [-0.05, 0) is 18.8 Å². The molecule has 82 valence electrons. The summed E-state index contributed by atoms with van der Waals surface area (Å²) in [6.45, 7) is 6.92. The van der Waals surface area contributed by atoms with Crippen LogP contribution < -0.4 is 10.6 Å². The molecule has 4 nitrogen and oxygen atoms in total. The van der Waals surface area contributed by atoms with Crippen LogP contribution >= 0.6 is 12.2 Å². The SMILES string of the molecule is CCN1CCOC(CNC(=S)NC)C1. The fourth-order valence-electron chi connectivity index (χ4n) is 1.49. The molecule has 1 unspecified atom stereocenters. The summed E-state index contributed by atoms with van der Waals surface area (Å²) in [5.74, 6) is 0. The van der Waals surface area contributed by atoms with Gasteiger partial charge < -0.3 is 15.4 Å². The van der Waals surface area contributed by atoms with Crippen molar-refractivity contribution >= 4 is 17.3 Å². The molecule has 1 rings (SSSR count). The van der Waals surface area contributed by atoms with E-state index in [9.17, 15) is 0 Å². The van der Waals surface area contributed by atoms with Crippen molar-refractivity contribution in [1.82, 2.24) is 15.5 Å². The average molecular weight is 217 g/mol. The van der Waals surface area contributed by atoms with Crippen LogP contribution in [0.15, 0.2) is 0 Å². The standard InChI is InChI=1S/C9H19N3OS/c1-3-12-4-5-13-8(7-12)6-11-9(14)10-2/h8H,3-7H2,1-2H3,(H2,10,11,14). The molecule has 0 aromatic heterocycles. The third-order valence-electron chi connectivity index (χ3n) is 2.39. The monoisotopic (exact) mass is 217 g/mol. The Morgan fingerprint density at radius 3 is 3.07 bits per heavy atom. The molecule has 1 atom stereocenters. The van der Waals surface area contributed by atoms with Crippen molar-refractivity contribution in [2.45, 2.75) is 13.0 Å². The number of ether oxygens (including phenoxy) is 1. The highest BCUT2D eigenvalue weighted by molar-refractivity contribution is 7.80. The van der Waals surface area contributed by atoms with Crippen LogP contribution in [0.25, 0.3) is 0 Å². The predicted octanol–water partition coefficient (Wildman–Crippen LogP) is -0.199. The highest BCUT2D eigenvalue weighted by atomic mass is 32.1. The fraction of sp³-hybridized carbons (Fsp3) is 0.889. The highest BCUT2D eigenvalue weighted by Crippen LogP contribution is 2.03. The topological polar surface area (TPSA) is 36.5 Å². The van der Waals surface area contributed by atoms with E-state index in [1.54, 1.807) is 0 Å². The van der Waals surface area contributed by atoms with Gasteiger partial charge in [0.25, 0.3) is 0 Å². The number of hydrogen-bond acceptors (Lipinski definition) is 3. The van der Waals surface area contributed by atoms with Gasteiger partial charge in [0.15, 0.2) is 5.11 Å². The van der Waals surface area contributed by atoms with Gasteiger partial charge in [0, 0.05) is 26.7 Å². The van der Waals surface area contributed by atoms with E-state index in [2.05, 4.69) is 22.5 Å². The number of nitrogens with zero attached hydrogens (tertiary/aromatic N) is 1. The van der Waals surface area contributed by atoms with Crippen LogP contribution in [-0.4, -0.2) is 55.9 Å². The summed E-state index contributed by atoms with van der Waals surface area (Å²) in [7, 11) is 1.81. The van der Waals surface area contributed by atoms with Gasteiger partial charge in [-0.15, -0.1) is 0 Å². The third-order valence-corrected chi connectivity index (χ3v) is 2.74. The molecule has 0 aliphatic carbocycles. The minimum atomic E-state index is 0.259. The van der Waals surface area contributed by atoms with Gasteiger partial charge in [-0.1, -0.05) is 6.92 Å². The third kappa shape index (κ3) is 3.77. The summed E-state index contributed by atoms with van der Waals surface area (Å²) >= 11 is 4.99. The van der Waals surface area contributed by atoms with Crippen LogP contribution in [0, 0.1) is 0 Å². The number of likely N-dealkylation sites (N-methyl/N-ethyl adjacent to an activating group) is 1. The molecule has 0 saturated carbocycles. The molecule has 14 heavy (non-hydrogen) atoms. The fourth-order valence-corrected chi connectivity index (χ4v) is 1.57. The average Bonchev–Trinajstić information content (AvgIpc) is 2.26. The Balaban J connectivity index is 2.20. The van der Waals surface area contributed by atoms with Crippen molar-refractivity contribution in [2.24, 2.45) is 0 Å². The number of thiocarbonyl (C=S) groups is 1. The number of nitrogens with one attached hydrogen (secondary N) is 2. The Hall–Kier alpha value is -0.390. The molecule has 2 N–H and O–H groups in total. The van der Waals surface area contributed by atoms with Gasteiger partial charge >= 0.3 is 0 Å². The Morgan fingerprint density at radius 2 is 2.43 bits per heavy atom. The van der Waals surface area contributed by atoms with Crippen LogP contribution in [0.3, 0.4) is 0 Å². The molecule has 1 saturated heterocycles. The Labute approximate surface area is 91.0 Å². The van der Waals surface area contributed by atoms with Crippen molar-refractivity contribution in [3.63, 3.8) is 0 Å². The zero-order valence-corrected chi connectivity index (χ0v) is 9.69. The molecular formula is C9H19N3OS. The molecular weight excluding hydrogens is 198 g/mol.